The lowest BCUT2D eigenvalue weighted by Crippen LogP contribution is -2.50. The molecule has 2 aliphatic rings. The second kappa shape index (κ2) is 6.08. The Labute approximate surface area is 144 Å². The molecular weight excluding hydrogens is 318 g/mol. The first-order chi connectivity index (χ1) is 12.2. The number of nitrogens with one attached hydrogen (secondary N) is 1. The van der Waals surface area contributed by atoms with E-state index < -0.39 is 5.41 Å². The first-order valence-corrected chi connectivity index (χ1v) is 8.19. The number of aromatic nitrogens is 2. The summed E-state index contributed by atoms with van der Waals surface area (Å²) in [4.78, 5) is 34.9. The number of likely N-dealkylation sites (tertiary alicyclic amines) is 1. The Morgan fingerprint density at radius 2 is 1.84 bits per heavy atom. The average Bonchev–Trinajstić information content (AvgIpc) is 2.99. The molecule has 7 heteroatoms. The summed E-state index contributed by atoms with van der Waals surface area (Å²) in [5.74, 6) is -0.142. The van der Waals surface area contributed by atoms with Crippen molar-refractivity contribution >= 4 is 17.5 Å². The summed E-state index contributed by atoms with van der Waals surface area (Å²) in [5.41, 5.74) is 4.15. The van der Waals surface area contributed by atoms with Gasteiger partial charge in [0, 0.05) is 43.4 Å². The van der Waals surface area contributed by atoms with Crippen LogP contribution in [0.15, 0.2) is 54.2 Å². The minimum absolute atomic E-state index is 0.0521. The molecule has 1 spiro atoms. The van der Waals surface area contributed by atoms with Crippen molar-refractivity contribution in [3.8, 4) is 0 Å². The molecule has 0 saturated carbocycles. The second-order valence-corrected chi connectivity index (χ2v) is 6.25. The van der Waals surface area contributed by atoms with Crippen molar-refractivity contribution in [2.45, 2.75) is 12.8 Å². The first-order valence-electron chi connectivity index (χ1n) is 8.19. The van der Waals surface area contributed by atoms with E-state index in [2.05, 4.69) is 20.5 Å². The number of hydrogen-bond acceptors (Lipinski definition) is 5. The number of nitrogens with zero attached hydrogens (tertiary/aromatic N) is 4. The highest BCUT2D eigenvalue weighted by Gasteiger charge is 2.50. The van der Waals surface area contributed by atoms with Crippen molar-refractivity contribution in [1.82, 2.24) is 20.3 Å². The molecule has 0 atom stereocenters. The fraction of sp³-hybridized carbons (Fsp3) is 0.278. The minimum atomic E-state index is -0.674. The SMILES string of the molecule is O=C(c1cccnc1)N1CCC2(CC1)C(=O)NN=C2c1ccncc1. The summed E-state index contributed by atoms with van der Waals surface area (Å²) >= 11 is 0. The molecule has 0 bridgehead atoms. The van der Waals surface area contributed by atoms with Crippen LogP contribution in [0.25, 0.3) is 0 Å². The number of piperidine rings is 1. The Balaban J connectivity index is 1.55. The Morgan fingerprint density at radius 1 is 1.08 bits per heavy atom. The van der Waals surface area contributed by atoms with E-state index in [1.54, 1.807) is 41.8 Å². The van der Waals surface area contributed by atoms with Gasteiger partial charge in [0.1, 0.15) is 0 Å². The smallest absolute Gasteiger partial charge is 0.255 e. The zero-order valence-corrected chi connectivity index (χ0v) is 13.6. The van der Waals surface area contributed by atoms with Gasteiger partial charge in [0.15, 0.2) is 0 Å². The van der Waals surface area contributed by atoms with Crippen LogP contribution in [-0.2, 0) is 4.79 Å². The van der Waals surface area contributed by atoms with Gasteiger partial charge in [-0.05, 0) is 37.1 Å². The van der Waals surface area contributed by atoms with Crippen LogP contribution in [0, 0.1) is 5.41 Å². The Bertz CT molecular complexity index is 827. The molecule has 2 aromatic rings. The molecule has 2 aromatic heterocycles. The third kappa shape index (κ3) is 2.57. The van der Waals surface area contributed by atoms with E-state index in [0.717, 1.165) is 11.3 Å². The zero-order chi connectivity index (χ0) is 17.3. The number of hydrazone groups is 1. The fourth-order valence-electron chi connectivity index (χ4n) is 3.51. The van der Waals surface area contributed by atoms with Crippen LogP contribution in [0.3, 0.4) is 0 Å². The lowest BCUT2D eigenvalue weighted by molar-refractivity contribution is -0.127. The molecule has 4 heterocycles. The highest BCUT2D eigenvalue weighted by atomic mass is 16.2. The summed E-state index contributed by atoms with van der Waals surface area (Å²) in [6.45, 7) is 1.01. The highest BCUT2D eigenvalue weighted by Crippen LogP contribution is 2.38. The number of carbonyl (C=O) groups is 2. The van der Waals surface area contributed by atoms with Crippen molar-refractivity contribution in [3.63, 3.8) is 0 Å². The average molecular weight is 335 g/mol. The highest BCUT2D eigenvalue weighted by molar-refractivity contribution is 6.19. The number of hydrogen-bond donors (Lipinski definition) is 1. The molecule has 0 unspecified atom stereocenters. The molecule has 25 heavy (non-hydrogen) atoms. The summed E-state index contributed by atoms with van der Waals surface area (Å²) in [7, 11) is 0. The molecule has 0 radical (unpaired) electrons. The predicted octanol–water partition coefficient (Wildman–Crippen LogP) is 1.23. The standard InChI is InChI=1S/C18H17N5O2/c24-16(14-2-1-7-20-12-14)23-10-5-18(6-11-23)15(21-22-17(18)25)13-3-8-19-9-4-13/h1-4,7-9,12H,5-6,10-11H2,(H,22,25). The van der Waals surface area contributed by atoms with Crippen molar-refractivity contribution in [3.05, 3.63) is 60.2 Å². The molecule has 126 valence electrons. The molecule has 1 saturated heterocycles. The summed E-state index contributed by atoms with van der Waals surface area (Å²) in [5, 5.41) is 4.27. The largest absolute Gasteiger partial charge is 0.339 e. The Kier molecular flexibility index (Phi) is 3.76. The normalized spacial score (nSPS) is 18.8. The number of carbonyl (C=O) groups excluding carboxylic acids is 2. The molecule has 2 aliphatic heterocycles. The van der Waals surface area contributed by atoms with E-state index in [4.69, 9.17) is 0 Å². The Morgan fingerprint density at radius 3 is 2.52 bits per heavy atom. The molecule has 2 amide bonds. The van der Waals surface area contributed by atoms with E-state index in [0.29, 0.717) is 31.5 Å². The van der Waals surface area contributed by atoms with Gasteiger partial charge in [-0.2, -0.15) is 5.10 Å². The monoisotopic (exact) mass is 335 g/mol. The van der Waals surface area contributed by atoms with E-state index in [-0.39, 0.29) is 11.8 Å². The molecule has 0 aromatic carbocycles. The number of rotatable bonds is 2. The van der Waals surface area contributed by atoms with Crippen LogP contribution >= 0.6 is 0 Å². The molecule has 4 rings (SSSR count). The second-order valence-electron chi connectivity index (χ2n) is 6.25. The van der Waals surface area contributed by atoms with Crippen LogP contribution in [0.4, 0.5) is 0 Å². The quantitative estimate of drug-likeness (QED) is 0.894. The lowest BCUT2D eigenvalue weighted by atomic mass is 9.72. The third-order valence-electron chi connectivity index (χ3n) is 4.92. The maximum Gasteiger partial charge on any atom is 0.255 e. The summed E-state index contributed by atoms with van der Waals surface area (Å²) in [6.07, 6.45) is 7.68. The van der Waals surface area contributed by atoms with Gasteiger partial charge < -0.3 is 4.90 Å². The van der Waals surface area contributed by atoms with E-state index in [1.165, 1.54) is 0 Å². The molecule has 7 nitrogen and oxygen atoms in total. The summed E-state index contributed by atoms with van der Waals surface area (Å²) in [6, 6.07) is 7.21. The van der Waals surface area contributed by atoms with Gasteiger partial charge in [-0.3, -0.25) is 19.6 Å². The van der Waals surface area contributed by atoms with Crippen molar-refractivity contribution in [2.24, 2.45) is 10.5 Å². The maximum absolute atomic E-state index is 12.6. The first kappa shape index (κ1) is 15.4. The summed E-state index contributed by atoms with van der Waals surface area (Å²) < 4.78 is 0. The molecule has 1 N–H and O–H groups in total. The van der Waals surface area contributed by atoms with E-state index in [9.17, 15) is 9.59 Å². The van der Waals surface area contributed by atoms with Gasteiger partial charge in [0.05, 0.1) is 16.7 Å². The predicted molar refractivity (Wildman–Crippen MR) is 90.7 cm³/mol. The van der Waals surface area contributed by atoms with Crippen LogP contribution in [0.5, 0.6) is 0 Å². The Hall–Kier alpha value is -3.09. The van der Waals surface area contributed by atoms with Crippen molar-refractivity contribution in [1.29, 1.82) is 0 Å². The van der Waals surface area contributed by atoms with Crippen LogP contribution < -0.4 is 5.43 Å². The van der Waals surface area contributed by atoms with Gasteiger partial charge in [0.25, 0.3) is 11.8 Å². The van der Waals surface area contributed by atoms with Gasteiger partial charge in [-0.1, -0.05) is 0 Å². The van der Waals surface area contributed by atoms with Crippen LogP contribution in [-0.4, -0.2) is 45.5 Å². The van der Waals surface area contributed by atoms with Crippen LogP contribution in [0.1, 0.15) is 28.8 Å². The number of pyridine rings is 2. The maximum atomic E-state index is 12.6. The topological polar surface area (TPSA) is 87.5 Å². The van der Waals surface area contributed by atoms with Gasteiger partial charge >= 0.3 is 0 Å². The van der Waals surface area contributed by atoms with Gasteiger partial charge in [0.2, 0.25) is 0 Å². The van der Waals surface area contributed by atoms with E-state index >= 15 is 0 Å². The van der Waals surface area contributed by atoms with Crippen molar-refractivity contribution < 1.29 is 9.59 Å². The van der Waals surface area contributed by atoms with Gasteiger partial charge in [-0.15, -0.1) is 0 Å². The van der Waals surface area contributed by atoms with Crippen molar-refractivity contribution in [2.75, 3.05) is 13.1 Å². The molecular formula is C18H17N5O2. The molecule has 1 fully saturated rings. The zero-order valence-electron chi connectivity index (χ0n) is 13.6. The van der Waals surface area contributed by atoms with Gasteiger partial charge in [-0.25, -0.2) is 5.43 Å². The third-order valence-corrected chi connectivity index (χ3v) is 4.92. The molecule has 0 aliphatic carbocycles. The lowest BCUT2D eigenvalue weighted by Gasteiger charge is -2.38. The van der Waals surface area contributed by atoms with E-state index in [1.807, 2.05) is 12.1 Å². The number of amides is 2. The fourth-order valence-corrected chi connectivity index (χ4v) is 3.51. The minimum Gasteiger partial charge on any atom is -0.339 e. The van der Waals surface area contributed by atoms with Crippen LogP contribution in [0.2, 0.25) is 0 Å².